The van der Waals surface area contributed by atoms with Gasteiger partial charge in [0.2, 0.25) is 0 Å². The Morgan fingerprint density at radius 1 is 1.28 bits per heavy atom. The first-order valence-corrected chi connectivity index (χ1v) is 5.50. The Kier molecular flexibility index (Phi) is 4.79. The molecule has 0 aromatic heterocycles. The molecule has 0 bridgehead atoms. The number of nitrogens with zero attached hydrogens (tertiary/aromatic N) is 1. The van der Waals surface area contributed by atoms with Crippen molar-refractivity contribution in [1.29, 1.82) is 0 Å². The number of ether oxygens (including phenoxy) is 2. The third kappa shape index (κ3) is 2.84. The number of carbonyl (C=O) groups is 1. The minimum absolute atomic E-state index is 0.0383. The van der Waals surface area contributed by atoms with Gasteiger partial charge in [-0.2, -0.15) is 0 Å². The molecule has 6 heteroatoms. The molecule has 6 nitrogen and oxygen atoms in total. The van der Waals surface area contributed by atoms with Gasteiger partial charge in [-0.25, -0.2) is 5.06 Å². The molecule has 2 N–H and O–H groups in total. The molecule has 0 atom stereocenters. The summed E-state index contributed by atoms with van der Waals surface area (Å²) in [5.41, 5.74) is -0.0383. The molecule has 18 heavy (non-hydrogen) atoms. The third-order valence-corrected chi connectivity index (χ3v) is 2.40. The number of hydrogen-bond donors (Lipinski definition) is 2. The monoisotopic (exact) mass is 255 g/mol. The van der Waals surface area contributed by atoms with Crippen molar-refractivity contribution in [1.82, 2.24) is 5.06 Å². The van der Waals surface area contributed by atoms with E-state index in [1.165, 1.54) is 26.4 Å². The van der Waals surface area contributed by atoms with Gasteiger partial charge in [0.15, 0.2) is 11.5 Å². The van der Waals surface area contributed by atoms with Crippen molar-refractivity contribution >= 4 is 5.91 Å². The van der Waals surface area contributed by atoms with Gasteiger partial charge >= 0.3 is 0 Å². The predicted octanol–water partition coefficient (Wildman–Crippen LogP) is 1.65. The van der Waals surface area contributed by atoms with Crippen LogP contribution in [-0.2, 0) is 0 Å². The van der Waals surface area contributed by atoms with E-state index in [4.69, 9.17) is 9.47 Å². The first kappa shape index (κ1) is 14.1. The van der Waals surface area contributed by atoms with Crippen LogP contribution in [0.25, 0.3) is 0 Å². The SMILES string of the molecule is CCCN(O)C(=O)c1cc(OC)c(OC)cc1O. The minimum atomic E-state index is -0.685. The number of rotatable bonds is 5. The van der Waals surface area contributed by atoms with Crippen molar-refractivity contribution in [2.24, 2.45) is 0 Å². The van der Waals surface area contributed by atoms with Crippen LogP contribution in [0.3, 0.4) is 0 Å². The van der Waals surface area contributed by atoms with Crippen molar-refractivity contribution in [2.45, 2.75) is 13.3 Å². The smallest absolute Gasteiger partial charge is 0.281 e. The number of phenols is 1. The zero-order chi connectivity index (χ0) is 13.7. The number of carbonyl (C=O) groups excluding carboxylic acids is 1. The highest BCUT2D eigenvalue weighted by Crippen LogP contribution is 2.34. The van der Waals surface area contributed by atoms with Crippen LogP contribution in [0.5, 0.6) is 17.2 Å². The maximum absolute atomic E-state index is 11.8. The topological polar surface area (TPSA) is 79.2 Å². The molecule has 0 heterocycles. The first-order chi connectivity index (χ1) is 8.54. The highest BCUT2D eigenvalue weighted by atomic mass is 16.5. The van der Waals surface area contributed by atoms with Gasteiger partial charge in [-0.1, -0.05) is 6.92 Å². The van der Waals surface area contributed by atoms with E-state index in [1.54, 1.807) is 0 Å². The van der Waals surface area contributed by atoms with Crippen LogP contribution in [-0.4, -0.2) is 42.0 Å². The van der Waals surface area contributed by atoms with E-state index in [2.05, 4.69) is 0 Å². The van der Waals surface area contributed by atoms with Crippen molar-refractivity contribution < 1.29 is 24.6 Å². The largest absolute Gasteiger partial charge is 0.507 e. The van der Waals surface area contributed by atoms with Gasteiger partial charge in [-0.15, -0.1) is 0 Å². The zero-order valence-electron chi connectivity index (χ0n) is 10.6. The van der Waals surface area contributed by atoms with Crippen LogP contribution in [0, 0.1) is 0 Å². The zero-order valence-corrected chi connectivity index (χ0v) is 10.6. The summed E-state index contributed by atoms with van der Waals surface area (Å²) < 4.78 is 10.0. The van der Waals surface area contributed by atoms with Crippen LogP contribution < -0.4 is 9.47 Å². The predicted molar refractivity (Wildman–Crippen MR) is 64.3 cm³/mol. The van der Waals surface area contributed by atoms with Gasteiger partial charge in [-0.05, 0) is 6.42 Å². The Bertz CT molecular complexity index is 433. The van der Waals surface area contributed by atoms with Gasteiger partial charge in [0.25, 0.3) is 5.91 Å². The highest BCUT2D eigenvalue weighted by Gasteiger charge is 2.20. The normalized spacial score (nSPS) is 10.0. The number of benzene rings is 1. The van der Waals surface area contributed by atoms with Gasteiger partial charge in [0, 0.05) is 18.7 Å². The molecule has 1 aromatic carbocycles. The fourth-order valence-electron chi connectivity index (χ4n) is 1.49. The van der Waals surface area contributed by atoms with E-state index in [0.29, 0.717) is 23.0 Å². The lowest BCUT2D eigenvalue weighted by molar-refractivity contribution is -0.0580. The van der Waals surface area contributed by atoms with E-state index < -0.39 is 5.91 Å². The lowest BCUT2D eigenvalue weighted by atomic mass is 10.1. The molecule has 0 aliphatic heterocycles. The lowest BCUT2D eigenvalue weighted by Crippen LogP contribution is -2.28. The molecule has 1 rings (SSSR count). The van der Waals surface area contributed by atoms with E-state index in [0.717, 1.165) is 0 Å². The Morgan fingerprint density at radius 3 is 2.33 bits per heavy atom. The van der Waals surface area contributed by atoms with Gasteiger partial charge < -0.3 is 14.6 Å². The van der Waals surface area contributed by atoms with Gasteiger partial charge in [-0.3, -0.25) is 10.0 Å². The second kappa shape index (κ2) is 6.11. The maximum Gasteiger partial charge on any atom is 0.281 e. The summed E-state index contributed by atoms with van der Waals surface area (Å²) in [4.78, 5) is 11.8. The summed E-state index contributed by atoms with van der Waals surface area (Å²) in [7, 11) is 2.85. The first-order valence-electron chi connectivity index (χ1n) is 5.50. The second-order valence-corrected chi connectivity index (χ2v) is 3.65. The van der Waals surface area contributed by atoms with Gasteiger partial charge in [0.05, 0.1) is 19.8 Å². The average Bonchev–Trinajstić information content (AvgIpc) is 2.37. The van der Waals surface area contributed by atoms with E-state index in [9.17, 15) is 15.1 Å². The van der Waals surface area contributed by atoms with Crippen LogP contribution in [0.4, 0.5) is 0 Å². The quantitative estimate of drug-likeness (QED) is 0.617. The Hall–Kier alpha value is -1.95. The molecule has 0 aliphatic carbocycles. The van der Waals surface area contributed by atoms with Crippen LogP contribution in [0.15, 0.2) is 12.1 Å². The number of aromatic hydroxyl groups is 1. The van der Waals surface area contributed by atoms with Crippen molar-refractivity contribution in [3.05, 3.63) is 17.7 Å². The Morgan fingerprint density at radius 2 is 1.83 bits per heavy atom. The molecule has 0 fully saturated rings. The summed E-state index contributed by atoms with van der Waals surface area (Å²) >= 11 is 0. The van der Waals surface area contributed by atoms with Gasteiger partial charge in [0.1, 0.15) is 5.75 Å². The standard InChI is InChI=1S/C12H17NO5/c1-4-5-13(16)12(15)8-6-10(17-2)11(18-3)7-9(8)14/h6-7,14,16H,4-5H2,1-3H3. The number of phenolic OH excluding ortho intramolecular Hbond substituents is 1. The molecule has 0 saturated carbocycles. The number of hydroxylamine groups is 2. The second-order valence-electron chi connectivity index (χ2n) is 3.65. The molecule has 0 saturated heterocycles. The molecule has 1 amide bonds. The minimum Gasteiger partial charge on any atom is -0.507 e. The molecular formula is C12H17NO5. The summed E-state index contributed by atoms with van der Waals surface area (Å²) in [6, 6.07) is 2.60. The highest BCUT2D eigenvalue weighted by molar-refractivity contribution is 5.97. The fourth-order valence-corrected chi connectivity index (χ4v) is 1.49. The molecule has 0 spiro atoms. The Balaban J connectivity index is 3.13. The van der Waals surface area contributed by atoms with Crippen LogP contribution >= 0.6 is 0 Å². The number of methoxy groups -OCH3 is 2. The van der Waals surface area contributed by atoms with E-state index in [1.807, 2.05) is 6.92 Å². The summed E-state index contributed by atoms with van der Waals surface area (Å²) in [5, 5.41) is 19.8. The molecule has 100 valence electrons. The number of amides is 1. The van der Waals surface area contributed by atoms with Crippen LogP contribution in [0.1, 0.15) is 23.7 Å². The molecule has 0 unspecified atom stereocenters. The molecular weight excluding hydrogens is 238 g/mol. The van der Waals surface area contributed by atoms with Crippen LogP contribution in [0.2, 0.25) is 0 Å². The molecule has 0 aliphatic rings. The van der Waals surface area contributed by atoms with Crippen molar-refractivity contribution in [3.8, 4) is 17.2 Å². The average molecular weight is 255 g/mol. The fraction of sp³-hybridized carbons (Fsp3) is 0.417. The maximum atomic E-state index is 11.8. The van der Waals surface area contributed by atoms with E-state index >= 15 is 0 Å². The van der Waals surface area contributed by atoms with Crippen molar-refractivity contribution in [2.75, 3.05) is 20.8 Å². The third-order valence-electron chi connectivity index (χ3n) is 2.40. The lowest BCUT2D eigenvalue weighted by Gasteiger charge is -2.16. The molecule has 1 aromatic rings. The number of hydrogen-bond acceptors (Lipinski definition) is 5. The van der Waals surface area contributed by atoms with Crippen molar-refractivity contribution in [3.63, 3.8) is 0 Å². The van der Waals surface area contributed by atoms with E-state index in [-0.39, 0.29) is 17.9 Å². The summed E-state index contributed by atoms with van der Waals surface area (Å²) in [5.74, 6) is -0.335. The molecule has 0 radical (unpaired) electrons. The Labute approximate surface area is 105 Å². The summed E-state index contributed by atoms with van der Waals surface area (Å²) in [6.45, 7) is 2.01. The summed E-state index contributed by atoms with van der Waals surface area (Å²) in [6.07, 6.45) is 0.607.